The van der Waals surface area contributed by atoms with Gasteiger partial charge < -0.3 is 19.9 Å². The van der Waals surface area contributed by atoms with Crippen molar-refractivity contribution in [1.82, 2.24) is 0 Å². The Morgan fingerprint density at radius 2 is 1.47 bits per heavy atom. The van der Waals surface area contributed by atoms with Gasteiger partial charge >= 0.3 is 0 Å². The molecule has 0 aliphatic rings. The molecule has 0 atom stereocenters. The Balaban J connectivity index is 1.87. The smallest absolute Gasteiger partial charge is 0.119 e. The molecule has 0 amide bonds. The van der Waals surface area contributed by atoms with Crippen molar-refractivity contribution >= 4 is 5.69 Å². The lowest BCUT2D eigenvalue weighted by Gasteiger charge is -2.08. The average Bonchev–Trinajstić information content (AvgIpc) is 2.43. The second-order valence-corrected chi connectivity index (χ2v) is 4.35. The van der Waals surface area contributed by atoms with E-state index in [0.29, 0.717) is 26.4 Å². The number of ether oxygens (including phenoxy) is 3. The molecule has 0 aliphatic carbocycles. The molecular weight excluding hydrogens is 242 g/mol. The molecule has 0 saturated heterocycles. The van der Waals surface area contributed by atoms with Crippen molar-refractivity contribution in [3.05, 3.63) is 24.3 Å². The predicted molar refractivity (Wildman–Crippen MR) is 77.5 cm³/mol. The zero-order valence-corrected chi connectivity index (χ0v) is 11.8. The Morgan fingerprint density at radius 1 is 0.842 bits per heavy atom. The maximum atomic E-state index is 5.59. The van der Waals surface area contributed by atoms with Crippen LogP contribution in [0.25, 0.3) is 0 Å². The minimum absolute atomic E-state index is 0.541. The lowest BCUT2D eigenvalue weighted by Crippen LogP contribution is -2.11. The second kappa shape index (κ2) is 10.6. The second-order valence-electron chi connectivity index (χ2n) is 4.35. The van der Waals surface area contributed by atoms with Gasteiger partial charge in [0.1, 0.15) is 12.4 Å². The van der Waals surface area contributed by atoms with Crippen LogP contribution in [-0.4, -0.2) is 33.0 Å². The van der Waals surface area contributed by atoms with E-state index in [2.05, 4.69) is 6.92 Å². The molecule has 4 nitrogen and oxygen atoms in total. The highest BCUT2D eigenvalue weighted by atomic mass is 16.5. The number of nitrogen functional groups attached to an aromatic ring is 1. The minimum atomic E-state index is 0.541. The van der Waals surface area contributed by atoms with Gasteiger partial charge in [-0.3, -0.25) is 0 Å². The summed E-state index contributed by atoms with van der Waals surface area (Å²) in [7, 11) is 0. The summed E-state index contributed by atoms with van der Waals surface area (Å²) < 4.78 is 16.3. The van der Waals surface area contributed by atoms with Crippen LogP contribution >= 0.6 is 0 Å². The van der Waals surface area contributed by atoms with Crippen LogP contribution in [0.3, 0.4) is 0 Å². The topological polar surface area (TPSA) is 53.7 Å². The molecule has 0 aliphatic heterocycles. The number of benzene rings is 1. The number of hydrogen-bond donors (Lipinski definition) is 1. The first-order valence-electron chi connectivity index (χ1n) is 6.96. The molecule has 1 rings (SSSR count). The molecule has 0 unspecified atom stereocenters. The first-order chi connectivity index (χ1) is 9.33. The molecule has 0 heterocycles. The summed E-state index contributed by atoms with van der Waals surface area (Å²) in [5.41, 5.74) is 6.33. The van der Waals surface area contributed by atoms with Gasteiger partial charge in [-0.2, -0.15) is 0 Å². The van der Waals surface area contributed by atoms with Gasteiger partial charge in [0.25, 0.3) is 0 Å². The van der Waals surface area contributed by atoms with Gasteiger partial charge in [0.05, 0.1) is 19.8 Å². The van der Waals surface area contributed by atoms with E-state index in [1.165, 1.54) is 12.8 Å². The van der Waals surface area contributed by atoms with Crippen LogP contribution in [0.4, 0.5) is 5.69 Å². The summed E-state index contributed by atoms with van der Waals surface area (Å²) in [6.45, 7) is 5.41. The molecular formula is C15H25NO3. The Hall–Kier alpha value is -1.26. The van der Waals surface area contributed by atoms with Crippen molar-refractivity contribution in [3.8, 4) is 5.75 Å². The molecule has 4 heteroatoms. The number of nitrogens with two attached hydrogens (primary N) is 1. The first kappa shape index (κ1) is 15.8. The number of unbranched alkanes of at least 4 members (excludes halogenated alkanes) is 2. The zero-order valence-electron chi connectivity index (χ0n) is 11.8. The highest BCUT2D eigenvalue weighted by Crippen LogP contribution is 2.12. The lowest BCUT2D eigenvalue weighted by molar-refractivity contribution is 0.0353. The van der Waals surface area contributed by atoms with Crippen LogP contribution in [0.5, 0.6) is 5.75 Å². The molecule has 0 spiro atoms. The third-order valence-electron chi connectivity index (χ3n) is 2.64. The van der Waals surface area contributed by atoms with Crippen molar-refractivity contribution in [2.24, 2.45) is 0 Å². The normalized spacial score (nSPS) is 10.6. The van der Waals surface area contributed by atoms with Gasteiger partial charge in [0, 0.05) is 12.3 Å². The fourth-order valence-electron chi connectivity index (χ4n) is 1.56. The Bertz CT molecular complexity index is 314. The Morgan fingerprint density at radius 3 is 2.16 bits per heavy atom. The summed E-state index contributed by atoms with van der Waals surface area (Å²) in [6.07, 6.45) is 3.59. The summed E-state index contributed by atoms with van der Waals surface area (Å²) in [6, 6.07) is 7.35. The Labute approximate surface area is 115 Å². The van der Waals surface area contributed by atoms with E-state index in [-0.39, 0.29) is 0 Å². The minimum Gasteiger partial charge on any atom is -0.491 e. The monoisotopic (exact) mass is 267 g/mol. The van der Waals surface area contributed by atoms with Crippen LogP contribution in [-0.2, 0) is 9.47 Å². The van der Waals surface area contributed by atoms with Crippen molar-refractivity contribution in [1.29, 1.82) is 0 Å². The third kappa shape index (κ3) is 8.46. The first-order valence-corrected chi connectivity index (χ1v) is 6.96. The molecule has 0 fully saturated rings. The van der Waals surface area contributed by atoms with Crippen LogP contribution in [0.1, 0.15) is 26.2 Å². The SMILES string of the molecule is CCCCCOCCOCCOc1ccc(N)cc1. The van der Waals surface area contributed by atoms with Gasteiger partial charge in [-0.25, -0.2) is 0 Å². The molecule has 2 N–H and O–H groups in total. The molecule has 1 aromatic rings. The van der Waals surface area contributed by atoms with Gasteiger partial charge in [-0.05, 0) is 30.7 Å². The number of anilines is 1. The summed E-state index contributed by atoms with van der Waals surface area (Å²) in [5.74, 6) is 0.814. The van der Waals surface area contributed by atoms with Crippen LogP contribution in [0.15, 0.2) is 24.3 Å². The third-order valence-corrected chi connectivity index (χ3v) is 2.64. The van der Waals surface area contributed by atoms with Gasteiger partial charge in [0.2, 0.25) is 0 Å². The van der Waals surface area contributed by atoms with E-state index < -0.39 is 0 Å². The van der Waals surface area contributed by atoms with E-state index in [1.54, 1.807) is 0 Å². The number of rotatable bonds is 11. The molecule has 0 saturated carbocycles. The van der Waals surface area contributed by atoms with Gasteiger partial charge in [-0.15, -0.1) is 0 Å². The van der Waals surface area contributed by atoms with Gasteiger partial charge in [0.15, 0.2) is 0 Å². The Kier molecular flexibility index (Phi) is 8.85. The zero-order chi connectivity index (χ0) is 13.8. The van der Waals surface area contributed by atoms with E-state index >= 15 is 0 Å². The molecule has 108 valence electrons. The lowest BCUT2D eigenvalue weighted by atomic mass is 10.3. The fraction of sp³-hybridized carbons (Fsp3) is 0.600. The maximum absolute atomic E-state index is 5.59. The summed E-state index contributed by atoms with van der Waals surface area (Å²) >= 11 is 0. The van der Waals surface area contributed by atoms with Crippen molar-refractivity contribution < 1.29 is 14.2 Å². The quantitative estimate of drug-likeness (QED) is 0.495. The maximum Gasteiger partial charge on any atom is 0.119 e. The van der Waals surface area contributed by atoms with Crippen molar-refractivity contribution in [3.63, 3.8) is 0 Å². The molecule has 0 aromatic heterocycles. The number of hydrogen-bond acceptors (Lipinski definition) is 4. The van der Waals surface area contributed by atoms with Crippen molar-refractivity contribution in [2.45, 2.75) is 26.2 Å². The summed E-state index contributed by atoms with van der Waals surface area (Å²) in [4.78, 5) is 0. The highest BCUT2D eigenvalue weighted by Gasteiger charge is 1.94. The van der Waals surface area contributed by atoms with E-state index in [4.69, 9.17) is 19.9 Å². The molecule has 0 bridgehead atoms. The molecule has 0 radical (unpaired) electrons. The average molecular weight is 267 g/mol. The van der Waals surface area contributed by atoms with Crippen LogP contribution in [0.2, 0.25) is 0 Å². The van der Waals surface area contributed by atoms with Gasteiger partial charge in [-0.1, -0.05) is 19.8 Å². The summed E-state index contributed by atoms with van der Waals surface area (Å²) in [5, 5.41) is 0. The highest BCUT2D eigenvalue weighted by molar-refractivity contribution is 5.41. The van der Waals surface area contributed by atoms with Crippen LogP contribution in [0, 0.1) is 0 Å². The van der Waals surface area contributed by atoms with E-state index in [9.17, 15) is 0 Å². The van der Waals surface area contributed by atoms with E-state index in [0.717, 1.165) is 24.5 Å². The predicted octanol–water partition coefficient (Wildman–Crippen LogP) is 2.87. The fourth-order valence-corrected chi connectivity index (χ4v) is 1.56. The van der Waals surface area contributed by atoms with Crippen molar-refractivity contribution in [2.75, 3.05) is 38.8 Å². The van der Waals surface area contributed by atoms with E-state index in [1.807, 2.05) is 24.3 Å². The van der Waals surface area contributed by atoms with Crippen LogP contribution < -0.4 is 10.5 Å². The largest absolute Gasteiger partial charge is 0.491 e. The molecule has 19 heavy (non-hydrogen) atoms. The standard InChI is InChI=1S/C15H25NO3/c1-2-3-4-9-17-10-11-18-12-13-19-15-7-5-14(16)6-8-15/h5-8H,2-4,9-13,16H2,1H3. The molecule has 1 aromatic carbocycles.